The van der Waals surface area contributed by atoms with Crippen LogP contribution in [0.15, 0.2) is 40.1 Å². The normalized spacial score (nSPS) is 10.8. The molecule has 0 unspecified atom stereocenters. The lowest BCUT2D eigenvalue weighted by atomic mass is 10.1. The van der Waals surface area contributed by atoms with Crippen LogP contribution in [0.5, 0.6) is 0 Å². The van der Waals surface area contributed by atoms with Crippen molar-refractivity contribution in [1.29, 1.82) is 0 Å². The molecule has 0 radical (unpaired) electrons. The molecule has 0 amide bonds. The van der Waals surface area contributed by atoms with Gasteiger partial charge < -0.3 is 5.73 Å². The van der Waals surface area contributed by atoms with E-state index in [1.54, 1.807) is 13.0 Å². The molecule has 2 rings (SSSR count). The second kappa shape index (κ2) is 5.83. The number of nitrogens with two attached hydrogens (primary N) is 1. The molecule has 0 aliphatic carbocycles. The van der Waals surface area contributed by atoms with Gasteiger partial charge in [-0.25, -0.2) is 9.18 Å². The first-order chi connectivity index (χ1) is 9.52. The maximum atomic E-state index is 13.1. The second-order valence-electron chi connectivity index (χ2n) is 4.58. The van der Waals surface area contributed by atoms with E-state index in [1.165, 1.54) is 29.0 Å². The fourth-order valence-electron chi connectivity index (χ4n) is 2.03. The Morgan fingerprint density at radius 1 is 1.25 bits per heavy atom. The van der Waals surface area contributed by atoms with Crippen LogP contribution in [0.25, 0.3) is 0 Å². The fraction of sp³-hybridized carbons (Fsp3) is 0.286. The molecule has 1 heterocycles. The summed E-state index contributed by atoms with van der Waals surface area (Å²) in [7, 11) is 0. The van der Waals surface area contributed by atoms with Crippen molar-refractivity contribution in [2.75, 3.05) is 6.54 Å². The quantitative estimate of drug-likeness (QED) is 0.883. The number of halogens is 1. The highest BCUT2D eigenvalue weighted by Crippen LogP contribution is 2.10. The smallest absolute Gasteiger partial charge is 0.329 e. The third-order valence-corrected chi connectivity index (χ3v) is 3.14. The summed E-state index contributed by atoms with van der Waals surface area (Å²) in [6.45, 7) is 2.46. The lowest BCUT2D eigenvalue weighted by Gasteiger charge is -2.11. The summed E-state index contributed by atoms with van der Waals surface area (Å²) in [6.07, 6.45) is 1.44. The van der Waals surface area contributed by atoms with Crippen LogP contribution in [0.4, 0.5) is 4.39 Å². The van der Waals surface area contributed by atoms with Gasteiger partial charge in [0.2, 0.25) is 0 Å². The van der Waals surface area contributed by atoms with Gasteiger partial charge in [0.15, 0.2) is 0 Å². The Labute approximate surface area is 115 Å². The number of aryl methyl sites for hydroxylation is 1. The molecule has 0 aliphatic rings. The van der Waals surface area contributed by atoms with Crippen LogP contribution in [-0.4, -0.2) is 15.7 Å². The van der Waals surface area contributed by atoms with Crippen LogP contribution < -0.4 is 17.0 Å². The minimum absolute atomic E-state index is 0.181. The van der Waals surface area contributed by atoms with Crippen LogP contribution in [-0.2, 0) is 13.1 Å². The summed E-state index contributed by atoms with van der Waals surface area (Å²) in [4.78, 5) is 23.7. The zero-order valence-electron chi connectivity index (χ0n) is 11.2. The van der Waals surface area contributed by atoms with Gasteiger partial charge in [0.05, 0.1) is 6.54 Å². The molecule has 0 atom stereocenters. The van der Waals surface area contributed by atoms with Crippen molar-refractivity contribution in [2.45, 2.75) is 20.0 Å². The fourth-order valence-corrected chi connectivity index (χ4v) is 2.03. The van der Waals surface area contributed by atoms with E-state index < -0.39 is 5.69 Å². The molecule has 2 N–H and O–H groups in total. The molecule has 0 saturated heterocycles. The summed E-state index contributed by atoms with van der Waals surface area (Å²) in [5, 5.41) is 0. The SMILES string of the molecule is Cc1cc(F)ccc1Cn1ccc(=O)n(CCN)c1=O. The molecule has 106 valence electrons. The number of nitrogens with zero attached hydrogens (tertiary/aromatic N) is 2. The third-order valence-electron chi connectivity index (χ3n) is 3.14. The van der Waals surface area contributed by atoms with E-state index in [0.717, 1.165) is 15.7 Å². The van der Waals surface area contributed by atoms with Gasteiger partial charge in [-0.2, -0.15) is 0 Å². The van der Waals surface area contributed by atoms with E-state index in [9.17, 15) is 14.0 Å². The summed E-state index contributed by atoms with van der Waals surface area (Å²) in [6, 6.07) is 5.73. The predicted octanol–water partition coefficient (Wildman–Crippen LogP) is 0.465. The van der Waals surface area contributed by atoms with Gasteiger partial charge in [0.1, 0.15) is 5.82 Å². The Morgan fingerprint density at radius 2 is 2.00 bits per heavy atom. The second-order valence-corrected chi connectivity index (χ2v) is 4.58. The Hall–Kier alpha value is -2.21. The highest BCUT2D eigenvalue weighted by Gasteiger charge is 2.07. The molecule has 0 spiro atoms. The van der Waals surface area contributed by atoms with E-state index in [-0.39, 0.29) is 31.0 Å². The van der Waals surface area contributed by atoms with E-state index >= 15 is 0 Å². The van der Waals surface area contributed by atoms with E-state index in [4.69, 9.17) is 5.73 Å². The maximum absolute atomic E-state index is 13.1. The van der Waals surface area contributed by atoms with Gasteiger partial charge in [0.25, 0.3) is 5.56 Å². The standard InChI is InChI=1S/C14H16FN3O2/c1-10-8-12(15)3-2-11(10)9-17-6-4-13(19)18(7-5-16)14(17)20/h2-4,6,8H,5,7,9,16H2,1H3. The summed E-state index contributed by atoms with van der Waals surface area (Å²) >= 11 is 0. The first-order valence-corrected chi connectivity index (χ1v) is 6.28. The van der Waals surface area contributed by atoms with Crippen LogP contribution >= 0.6 is 0 Å². The van der Waals surface area contributed by atoms with Gasteiger partial charge in [-0.3, -0.25) is 13.9 Å². The highest BCUT2D eigenvalue weighted by atomic mass is 19.1. The Balaban J connectivity index is 2.42. The topological polar surface area (TPSA) is 70.0 Å². The first kappa shape index (κ1) is 14.2. The van der Waals surface area contributed by atoms with Gasteiger partial charge in [-0.15, -0.1) is 0 Å². The van der Waals surface area contributed by atoms with Crippen molar-refractivity contribution in [1.82, 2.24) is 9.13 Å². The molecule has 1 aromatic heterocycles. The van der Waals surface area contributed by atoms with E-state index in [0.29, 0.717) is 0 Å². The Bertz CT molecular complexity index is 734. The molecule has 0 aliphatic heterocycles. The average Bonchev–Trinajstić information content (AvgIpc) is 2.40. The van der Waals surface area contributed by atoms with Crippen molar-refractivity contribution >= 4 is 0 Å². The molecule has 6 heteroatoms. The van der Waals surface area contributed by atoms with Gasteiger partial charge in [0, 0.05) is 25.4 Å². The van der Waals surface area contributed by atoms with E-state index in [2.05, 4.69) is 0 Å². The molecule has 5 nitrogen and oxygen atoms in total. The van der Waals surface area contributed by atoms with Crippen LogP contribution in [0.3, 0.4) is 0 Å². The van der Waals surface area contributed by atoms with Crippen molar-refractivity contribution in [2.24, 2.45) is 5.73 Å². The van der Waals surface area contributed by atoms with Crippen LogP contribution in [0.2, 0.25) is 0 Å². The predicted molar refractivity (Wildman–Crippen MR) is 74.3 cm³/mol. The molecule has 2 aromatic rings. The largest absolute Gasteiger partial charge is 0.331 e. The monoisotopic (exact) mass is 277 g/mol. The molecule has 0 fully saturated rings. The molecule has 0 saturated carbocycles. The number of hydrogen-bond donors (Lipinski definition) is 1. The summed E-state index contributed by atoms with van der Waals surface area (Å²) in [5.41, 5.74) is 6.20. The summed E-state index contributed by atoms with van der Waals surface area (Å²) < 4.78 is 15.6. The maximum Gasteiger partial charge on any atom is 0.331 e. The number of benzene rings is 1. The van der Waals surface area contributed by atoms with Gasteiger partial charge >= 0.3 is 5.69 Å². The lowest BCUT2D eigenvalue weighted by molar-refractivity contribution is 0.577. The number of hydrogen-bond acceptors (Lipinski definition) is 3. The van der Waals surface area contributed by atoms with Crippen LogP contribution in [0, 0.1) is 12.7 Å². The molecule has 0 bridgehead atoms. The van der Waals surface area contributed by atoms with Gasteiger partial charge in [-0.1, -0.05) is 6.07 Å². The molecular weight excluding hydrogens is 261 g/mol. The molecular formula is C14H16FN3O2. The zero-order valence-corrected chi connectivity index (χ0v) is 11.2. The first-order valence-electron chi connectivity index (χ1n) is 6.28. The summed E-state index contributed by atoms with van der Waals surface area (Å²) in [5.74, 6) is -0.313. The Kier molecular flexibility index (Phi) is 4.14. The zero-order chi connectivity index (χ0) is 14.7. The number of rotatable bonds is 4. The van der Waals surface area contributed by atoms with Gasteiger partial charge in [-0.05, 0) is 30.2 Å². The van der Waals surface area contributed by atoms with Crippen LogP contribution in [0.1, 0.15) is 11.1 Å². The van der Waals surface area contributed by atoms with Crippen molar-refractivity contribution in [3.8, 4) is 0 Å². The minimum atomic E-state index is -0.410. The average molecular weight is 277 g/mol. The molecule has 20 heavy (non-hydrogen) atoms. The third kappa shape index (κ3) is 2.85. The molecule has 1 aromatic carbocycles. The highest BCUT2D eigenvalue weighted by molar-refractivity contribution is 5.26. The number of aromatic nitrogens is 2. The van der Waals surface area contributed by atoms with E-state index in [1.807, 2.05) is 0 Å². The van der Waals surface area contributed by atoms with Crippen molar-refractivity contribution in [3.05, 3.63) is 68.2 Å². The van der Waals surface area contributed by atoms with Crippen molar-refractivity contribution < 1.29 is 4.39 Å². The van der Waals surface area contributed by atoms with Crippen molar-refractivity contribution in [3.63, 3.8) is 0 Å². The Morgan fingerprint density at radius 3 is 2.65 bits per heavy atom. The lowest BCUT2D eigenvalue weighted by Crippen LogP contribution is -2.40. The minimum Gasteiger partial charge on any atom is -0.329 e.